The van der Waals surface area contributed by atoms with Crippen molar-refractivity contribution in [3.8, 4) is 11.8 Å². The lowest BCUT2D eigenvalue weighted by Crippen LogP contribution is -2.23. The third kappa shape index (κ3) is 5.58. The Labute approximate surface area is 191 Å². The van der Waals surface area contributed by atoms with Crippen molar-refractivity contribution in [3.63, 3.8) is 0 Å². The molecule has 0 aliphatic rings. The van der Waals surface area contributed by atoms with Crippen LogP contribution in [-0.2, 0) is 19.6 Å². The van der Waals surface area contributed by atoms with Crippen molar-refractivity contribution < 1.29 is 22.7 Å². The molecule has 3 aromatic rings. The summed E-state index contributed by atoms with van der Waals surface area (Å²) in [4.78, 5) is 24.9. The fourth-order valence-corrected chi connectivity index (χ4v) is 3.82. The van der Waals surface area contributed by atoms with E-state index in [-0.39, 0.29) is 11.3 Å². The van der Waals surface area contributed by atoms with E-state index in [1.807, 2.05) is 37.3 Å². The van der Waals surface area contributed by atoms with E-state index in [1.54, 1.807) is 11.5 Å². The predicted octanol–water partition coefficient (Wildman–Crippen LogP) is 3.13. The number of nitrogens with one attached hydrogen (secondary N) is 2. The van der Waals surface area contributed by atoms with Crippen LogP contribution in [0.4, 0.5) is 11.5 Å². The molecule has 1 heterocycles. The zero-order valence-electron chi connectivity index (χ0n) is 18.2. The van der Waals surface area contributed by atoms with Crippen molar-refractivity contribution in [2.24, 2.45) is 0 Å². The van der Waals surface area contributed by atoms with Crippen LogP contribution in [0.2, 0.25) is 0 Å². The average molecular weight is 467 g/mol. The first-order valence-electron chi connectivity index (χ1n) is 9.83. The Hall–Kier alpha value is -4.10. The number of hydrogen-bond acceptors (Lipinski definition) is 6. The minimum Gasteiger partial charge on any atom is -0.452 e. The van der Waals surface area contributed by atoms with Gasteiger partial charge >= 0.3 is 5.97 Å². The Morgan fingerprint density at radius 1 is 1.09 bits per heavy atom. The molecular formula is C23H22N4O5S. The van der Waals surface area contributed by atoms with E-state index < -0.39 is 28.5 Å². The van der Waals surface area contributed by atoms with Gasteiger partial charge in [-0.1, -0.05) is 24.3 Å². The largest absolute Gasteiger partial charge is 0.452 e. The summed E-state index contributed by atoms with van der Waals surface area (Å²) in [6.45, 7) is 3.04. The number of carbonyl (C=O) groups is 2. The van der Waals surface area contributed by atoms with E-state index in [1.165, 1.54) is 24.3 Å². The van der Waals surface area contributed by atoms with Crippen molar-refractivity contribution >= 4 is 33.4 Å². The van der Waals surface area contributed by atoms with Gasteiger partial charge < -0.3 is 10.1 Å². The highest BCUT2D eigenvalue weighted by molar-refractivity contribution is 7.92. The minimum absolute atomic E-state index is 0.0773. The number of esters is 1. The number of sulfonamides is 1. The quantitative estimate of drug-likeness (QED) is 0.515. The third-order valence-electron chi connectivity index (χ3n) is 4.83. The first-order chi connectivity index (χ1) is 15.6. The van der Waals surface area contributed by atoms with E-state index in [0.29, 0.717) is 11.4 Å². The molecule has 1 aromatic heterocycles. The Morgan fingerprint density at radius 3 is 2.42 bits per heavy atom. The molecule has 2 N–H and O–H groups in total. The van der Waals surface area contributed by atoms with E-state index in [4.69, 9.17) is 4.74 Å². The second kappa shape index (κ2) is 9.58. The van der Waals surface area contributed by atoms with Gasteiger partial charge in [-0.2, -0.15) is 5.26 Å². The van der Waals surface area contributed by atoms with E-state index >= 15 is 0 Å². The number of anilines is 2. The molecule has 0 bridgehead atoms. The van der Waals surface area contributed by atoms with Gasteiger partial charge in [0.2, 0.25) is 10.0 Å². The highest BCUT2D eigenvalue weighted by atomic mass is 32.2. The van der Waals surface area contributed by atoms with Gasteiger partial charge in [0.25, 0.3) is 5.91 Å². The molecule has 0 unspecified atom stereocenters. The molecular weight excluding hydrogens is 444 g/mol. The topological polar surface area (TPSA) is 130 Å². The lowest BCUT2D eigenvalue weighted by molar-refractivity contribution is -0.119. The van der Waals surface area contributed by atoms with Crippen molar-refractivity contribution in [1.29, 1.82) is 5.26 Å². The zero-order chi connectivity index (χ0) is 24.2. The molecule has 0 saturated heterocycles. The van der Waals surface area contributed by atoms with Crippen molar-refractivity contribution in [3.05, 3.63) is 77.0 Å². The van der Waals surface area contributed by atoms with Crippen LogP contribution in [0.1, 0.15) is 27.2 Å². The maximum atomic E-state index is 12.6. The summed E-state index contributed by atoms with van der Waals surface area (Å²) in [6, 6.07) is 17.1. The molecule has 170 valence electrons. The van der Waals surface area contributed by atoms with Gasteiger partial charge in [0, 0.05) is 17.1 Å². The first-order valence-corrected chi connectivity index (χ1v) is 11.7. The molecule has 3 rings (SSSR count). The summed E-state index contributed by atoms with van der Waals surface area (Å²) in [5, 5.41) is 12.3. The summed E-state index contributed by atoms with van der Waals surface area (Å²) < 4.78 is 31.9. The van der Waals surface area contributed by atoms with Crippen LogP contribution in [0, 0.1) is 25.2 Å². The van der Waals surface area contributed by atoms with Crippen LogP contribution in [0.25, 0.3) is 5.69 Å². The number of rotatable bonds is 7. The Morgan fingerprint density at radius 2 is 1.79 bits per heavy atom. The standard InChI is InChI=1S/C23H22N4O5S/c1-15-16(2)27(19-10-5-4-6-11-19)22(20(15)13-24)25-21(28)14-32-23(29)17-8-7-9-18(12-17)26-33(3,30)31/h4-12,26H,14H2,1-3H3,(H,25,28). The smallest absolute Gasteiger partial charge is 0.338 e. The molecule has 0 saturated carbocycles. The molecule has 0 spiro atoms. The highest BCUT2D eigenvalue weighted by Crippen LogP contribution is 2.29. The number of amides is 1. The third-order valence-corrected chi connectivity index (χ3v) is 5.44. The number of nitrogens with zero attached hydrogens (tertiary/aromatic N) is 2. The van der Waals surface area contributed by atoms with Crippen molar-refractivity contribution in [2.75, 3.05) is 22.9 Å². The maximum absolute atomic E-state index is 12.6. The first kappa shape index (κ1) is 23.6. The second-order valence-corrected chi connectivity index (χ2v) is 9.04. The van der Waals surface area contributed by atoms with E-state index in [0.717, 1.165) is 23.2 Å². The number of aromatic nitrogens is 1. The van der Waals surface area contributed by atoms with Crippen LogP contribution in [0.3, 0.4) is 0 Å². The van der Waals surface area contributed by atoms with Crippen LogP contribution >= 0.6 is 0 Å². The molecule has 2 aromatic carbocycles. The van der Waals surface area contributed by atoms with Gasteiger partial charge in [-0.25, -0.2) is 13.2 Å². The summed E-state index contributed by atoms with van der Waals surface area (Å²) in [7, 11) is -3.51. The molecule has 9 nitrogen and oxygen atoms in total. The molecule has 0 radical (unpaired) electrons. The monoisotopic (exact) mass is 466 g/mol. The number of ether oxygens (including phenoxy) is 1. The van der Waals surface area contributed by atoms with Gasteiger partial charge in [-0.05, 0) is 49.7 Å². The van der Waals surface area contributed by atoms with Gasteiger partial charge in [0.1, 0.15) is 11.9 Å². The predicted molar refractivity (Wildman–Crippen MR) is 124 cm³/mol. The van der Waals surface area contributed by atoms with E-state index in [2.05, 4.69) is 16.1 Å². The maximum Gasteiger partial charge on any atom is 0.338 e. The minimum atomic E-state index is -3.51. The van der Waals surface area contributed by atoms with Crippen molar-refractivity contribution in [1.82, 2.24) is 4.57 Å². The molecule has 0 aliphatic carbocycles. The van der Waals surface area contributed by atoms with E-state index in [9.17, 15) is 23.3 Å². The second-order valence-electron chi connectivity index (χ2n) is 7.30. The number of hydrogen-bond donors (Lipinski definition) is 2. The molecule has 0 atom stereocenters. The van der Waals surface area contributed by atoms with Gasteiger partial charge in [0.05, 0.1) is 17.4 Å². The zero-order valence-corrected chi connectivity index (χ0v) is 19.1. The fraction of sp³-hybridized carbons (Fsp3) is 0.174. The number of carbonyl (C=O) groups excluding carboxylic acids is 2. The lowest BCUT2D eigenvalue weighted by atomic mass is 10.2. The molecule has 1 amide bonds. The molecule has 33 heavy (non-hydrogen) atoms. The summed E-state index contributed by atoms with van der Waals surface area (Å²) >= 11 is 0. The Bertz CT molecular complexity index is 1360. The Kier molecular flexibility index (Phi) is 6.84. The molecule has 0 fully saturated rings. The highest BCUT2D eigenvalue weighted by Gasteiger charge is 2.21. The number of nitriles is 1. The number of benzene rings is 2. The fourth-order valence-electron chi connectivity index (χ4n) is 3.27. The van der Waals surface area contributed by atoms with Crippen LogP contribution in [0.15, 0.2) is 54.6 Å². The van der Waals surface area contributed by atoms with Crippen molar-refractivity contribution in [2.45, 2.75) is 13.8 Å². The summed E-state index contributed by atoms with van der Waals surface area (Å²) in [6.07, 6.45) is 0.993. The van der Waals surface area contributed by atoms with Crippen LogP contribution in [0.5, 0.6) is 0 Å². The van der Waals surface area contributed by atoms with Crippen LogP contribution < -0.4 is 10.0 Å². The van der Waals surface area contributed by atoms with Gasteiger partial charge in [-0.3, -0.25) is 14.1 Å². The summed E-state index contributed by atoms with van der Waals surface area (Å²) in [5.74, 6) is -1.13. The normalized spacial score (nSPS) is 10.8. The Balaban J connectivity index is 1.76. The van der Waals surface area contributed by atoms with Gasteiger partial charge in [-0.15, -0.1) is 0 Å². The van der Waals surface area contributed by atoms with Crippen LogP contribution in [-0.4, -0.2) is 37.7 Å². The molecule has 10 heteroatoms. The van der Waals surface area contributed by atoms with Gasteiger partial charge in [0.15, 0.2) is 6.61 Å². The average Bonchev–Trinajstić information content (AvgIpc) is 3.00. The molecule has 0 aliphatic heterocycles. The SMILES string of the molecule is Cc1c(C#N)c(NC(=O)COC(=O)c2cccc(NS(C)(=O)=O)c2)n(-c2ccccc2)c1C. The lowest BCUT2D eigenvalue weighted by Gasteiger charge is -2.13. The summed E-state index contributed by atoms with van der Waals surface area (Å²) in [5.41, 5.74) is 2.87. The number of para-hydroxylation sites is 1.